The van der Waals surface area contributed by atoms with Gasteiger partial charge in [0.05, 0.1) is 17.9 Å². The van der Waals surface area contributed by atoms with Crippen LogP contribution in [0.15, 0.2) is 23.1 Å². The van der Waals surface area contributed by atoms with E-state index in [1.54, 1.807) is 17.1 Å². The van der Waals surface area contributed by atoms with Gasteiger partial charge >= 0.3 is 0 Å². The molecular weight excluding hydrogens is 324 g/mol. The summed E-state index contributed by atoms with van der Waals surface area (Å²) in [6, 6.07) is 0. The van der Waals surface area contributed by atoms with E-state index >= 15 is 0 Å². The lowest BCUT2D eigenvalue weighted by Crippen LogP contribution is -2.44. The maximum atomic E-state index is 6.21. The first kappa shape index (κ1) is 15.1. The summed E-state index contributed by atoms with van der Waals surface area (Å²) in [5, 5.41) is 9.05. The van der Waals surface area contributed by atoms with Gasteiger partial charge in [0.15, 0.2) is 5.82 Å². The van der Waals surface area contributed by atoms with Crippen molar-refractivity contribution in [1.82, 2.24) is 24.9 Å². The second-order valence-electron chi connectivity index (χ2n) is 5.37. The van der Waals surface area contributed by atoms with Crippen molar-refractivity contribution in [3.05, 3.63) is 24.4 Å². The van der Waals surface area contributed by atoms with E-state index in [1.165, 1.54) is 11.3 Å². The molecule has 0 spiro atoms. The molecule has 116 valence electrons. The van der Waals surface area contributed by atoms with E-state index < -0.39 is 5.54 Å². The van der Waals surface area contributed by atoms with Crippen LogP contribution in [0.25, 0.3) is 21.3 Å². The van der Waals surface area contributed by atoms with Gasteiger partial charge < -0.3 is 10.3 Å². The molecule has 22 heavy (non-hydrogen) atoms. The second kappa shape index (κ2) is 5.45. The van der Waals surface area contributed by atoms with E-state index in [-0.39, 0.29) is 12.4 Å². The van der Waals surface area contributed by atoms with Crippen LogP contribution in [0.3, 0.4) is 0 Å². The van der Waals surface area contributed by atoms with E-state index in [1.807, 2.05) is 13.2 Å². The molecule has 7 nitrogen and oxygen atoms in total. The third kappa shape index (κ3) is 2.43. The van der Waals surface area contributed by atoms with Crippen LogP contribution in [0.5, 0.6) is 0 Å². The van der Waals surface area contributed by atoms with Gasteiger partial charge in [0.2, 0.25) is 0 Å². The molecule has 1 saturated carbocycles. The molecule has 3 heterocycles. The third-order valence-electron chi connectivity index (χ3n) is 3.79. The molecule has 1 fully saturated rings. The summed E-state index contributed by atoms with van der Waals surface area (Å²) in [7, 11) is 1.88. The summed E-state index contributed by atoms with van der Waals surface area (Å²) >= 11 is 1.50. The van der Waals surface area contributed by atoms with Crippen molar-refractivity contribution in [2.24, 2.45) is 12.8 Å². The average molecular weight is 339 g/mol. The molecule has 0 atom stereocenters. The third-order valence-corrected chi connectivity index (χ3v) is 4.82. The minimum atomic E-state index is -0.404. The maximum Gasteiger partial charge on any atom is 0.269 e. The zero-order valence-electron chi connectivity index (χ0n) is 11.9. The first-order valence-electron chi connectivity index (χ1n) is 6.72. The number of aryl methyl sites for hydroxylation is 1. The lowest BCUT2D eigenvalue weighted by molar-refractivity contribution is 0.229. The summed E-state index contributed by atoms with van der Waals surface area (Å²) < 4.78 is 7.08. The highest BCUT2D eigenvalue weighted by molar-refractivity contribution is 7.18. The summed E-state index contributed by atoms with van der Waals surface area (Å²) in [5.74, 6) is 1.08. The molecule has 4 rings (SSSR count). The first-order chi connectivity index (χ1) is 10.1. The second-order valence-corrected chi connectivity index (χ2v) is 6.40. The minimum absolute atomic E-state index is 0. The molecule has 0 saturated heterocycles. The van der Waals surface area contributed by atoms with Gasteiger partial charge in [-0.15, -0.1) is 23.7 Å². The fourth-order valence-electron chi connectivity index (χ4n) is 2.35. The molecule has 3 aromatic heterocycles. The fraction of sp³-hybridized carbons (Fsp3) is 0.385. The normalized spacial score (nSPS) is 16.1. The Morgan fingerprint density at radius 2 is 2.18 bits per heavy atom. The molecule has 0 aliphatic heterocycles. The molecule has 3 aromatic rings. The van der Waals surface area contributed by atoms with Crippen LogP contribution in [0.2, 0.25) is 0 Å². The van der Waals surface area contributed by atoms with E-state index in [4.69, 9.17) is 10.3 Å². The first-order valence-corrected chi connectivity index (χ1v) is 7.54. The van der Waals surface area contributed by atoms with Crippen molar-refractivity contribution in [2.75, 3.05) is 0 Å². The minimum Gasteiger partial charge on any atom is -0.333 e. The van der Waals surface area contributed by atoms with E-state index in [0.717, 1.165) is 34.7 Å². The van der Waals surface area contributed by atoms with Crippen LogP contribution in [-0.2, 0) is 12.6 Å². The molecule has 9 heteroatoms. The lowest BCUT2D eigenvalue weighted by Gasteiger charge is -2.34. The number of aromatic nitrogens is 5. The van der Waals surface area contributed by atoms with Crippen molar-refractivity contribution in [2.45, 2.75) is 24.8 Å². The Morgan fingerprint density at radius 3 is 2.82 bits per heavy atom. The van der Waals surface area contributed by atoms with Crippen molar-refractivity contribution in [3.8, 4) is 21.3 Å². The number of rotatable bonds is 3. The van der Waals surface area contributed by atoms with Crippen LogP contribution in [0, 0.1) is 0 Å². The summed E-state index contributed by atoms with van der Waals surface area (Å²) in [6.07, 6.45) is 8.39. The molecule has 1 aliphatic carbocycles. The van der Waals surface area contributed by atoms with Crippen LogP contribution in [0.4, 0.5) is 0 Å². The number of halogens is 1. The molecule has 0 bridgehead atoms. The zero-order valence-corrected chi connectivity index (χ0v) is 13.5. The number of hydrogen-bond acceptors (Lipinski definition) is 7. The Hall–Kier alpha value is -1.77. The smallest absolute Gasteiger partial charge is 0.269 e. The largest absolute Gasteiger partial charge is 0.333 e. The Bertz CT molecular complexity index is 790. The average Bonchev–Trinajstić information content (AvgIpc) is 3.14. The van der Waals surface area contributed by atoms with E-state index in [9.17, 15) is 0 Å². The van der Waals surface area contributed by atoms with Gasteiger partial charge in [-0.2, -0.15) is 10.1 Å². The highest BCUT2D eigenvalue weighted by Gasteiger charge is 2.39. The van der Waals surface area contributed by atoms with Crippen molar-refractivity contribution < 1.29 is 4.52 Å². The van der Waals surface area contributed by atoms with Crippen LogP contribution in [-0.4, -0.2) is 24.9 Å². The fourth-order valence-corrected chi connectivity index (χ4v) is 3.16. The van der Waals surface area contributed by atoms with E-state index in [2.05, 4.69) is 20.2 Å². The monoisotopic (exact) mass is 338 g/mol. The predicted molar refractivity (Wildman–Crippen MR) is 84.6 cm³/mol. The van der Waals surface area contributed by atoms with Crippen molar-refractivity contribution in [3.63, 3.8) is 0 Å². The van der Waals surface area contributed by atoms with Gasteiger partial charge in [-0.1, -0.05) is 5.16 Å². The van der Waals surface area contributed by atoms with Gasteiger partial charge in [0, 0.05) is 18.8 Å². The molecule has 0 radical (unpaired) electrons. The maximum absolute atomic E-state index is 6.21. The number of nitrogens with two attached hydrogens (primary N) is 1. The topological polar surface area (TPSA) is 95.7 Å². The standard InChI is InChI=1S/C13H14N6OS.ClH/c1-19-7-8(5-16-19)11-15-6-9(21-11)10-17-12(18-20-10)13(14)3-2-4-13;/h5-7H,2-4,14H2,1H3;1H. The highest BCUT2D eigenvalue weighted by atomic mass is 35.5. The Morgan fingerprint density at radius 1 is 1.36 bits per heavy atom. The lowest BCUT2D eigenvalue weighted by atomic mass is 9.77. The molecule has 0 unspecified atom stereocenters. The van der Waals surface area contributed by atoms with Gasteiger partial charge in [0.1, 0.15) is 9.88 Å². The number of hydrogen-bond donors (Lipinski definition) is 1. The summed E-state index contributed by atoms with van der Waals surface area (Å²) in [5.41, 5.74) is 6.78. The van der Waals surface area contributed by atoms with Crippen LogP contribution < -0.4 is 5.73 Å². The molecule has 0 amide bonds. The molecule has 0 aromatic carbocycles. The van der Waals surface area contributed by atoms with Crippen molar-refractivity contribution in [1.29, 1.82) is 0 Å². The Kier molecular flexibility index (Phi) is 3.75. The summed E-state index contributed by atoms with van der Waals surface area (Å²) in [4.78, 5) is 9.66. The van der Waals surface area contributed by atoms with Gasteiger partial charge in [-0.25, -0.2) is 4.98 Å². The highest BCUT2D eigenvalue weighted by Crippen LogP contribution is 2.38. The molecular formula is C13H15ClN6OS. The Balaban J connectivity index is 0.00000144. The van der Waals surface area contributed by atoms with Gasteiger partial charge in [-0.3, -0.25) is 4.68 Å². The number of thiazole rings is 1. The van der Waals surface area contributed by atoms with Gasteiger partial charge in [0.25, 0.3) is 5.89 Å². The Labute approximate surface area is 137 Å². The van der Waals surface area contributed by atoms with Gasteiger partial charge in [-0.05, 0) is 19.3 Å². The SMILES string of the molecule is Cl.Cn1cc(-c2ncc(-c3nc(C4(N)CCC4)no3)s2)cn1. The van der Waals surface area contributed by atoms with Crippen LogP contribution >= 0.6 is 23.7 Å². The molecule has 1 aliphatic rings. The number of nitrogens with zero attached hydrogens (tertiary/aromatic N) is 5. The zero-order chi connectivity index (χ0) is 14.4. The van der Waals surface area contributed by atoms with Crippen molar-refractivity contribution >= 4 is 23.7 Å². The van der Waals surface area contributed by atoms with E-state index in [0.29, 0.717) is 11.7 Å². The van der Waals surface area contributed by atoms with Crippen LogP contribution in [0.1, 0.15) is 25.1 Å². The quantitative estimate of drug-likeness (QED) is 0.787. The summed E-state index contributed by atoms with van der Waals surface area (Å²) in [6.45, 7) is 0. The molecule has 2 N–H and O–H groups in total. The predicted octanol–water partition coefficient (Wildman–Crippen LogP) is 2.35.